The van der Waals surface area contributed by atoms with E-state index in [9.17, 15) is 14.7 Å². The summed E-state index contributed by atoms with van der Waals surface area (Å²) in [4.78, 5) is 37.6. The van der Waals surface area contributed by atoms with Crippen LogP contribution in [0.2, 0.25) is 0 Å². The van der Waals surface area contributed by atoms with Gasteiger partial charge < -0.3 is 20.6 Å². The lowest BCUT2D eigenvalue weighted by atomic mass is 10.1. The van der Waals surface area contributed by atoms with E-state index in [0.29, 0.717) is 11.4 Å². The van der Waals surface area contributed by atoms with Gasteiger partial charge in [0.1, 0.15) is 11.5 Å². The average Bonchev–Trinajstić information content (AvgIpc) is 3.33. The maximum absolute atomic E-state index is 13.4. The number of likely N-dealkylation sites (tertiary alicyclic amines) is 1. The number of nitrogens with zero attached hydrogens (tertiary/aromatic N) is 3. The summed E-state index contributed by atoms with van der Waals surface area (Å²) in [6.07, 6.45) is 3.65. The first-order valence-electron chi connectivity index (χ1n) is 11.0. The highest BCUT2D eigenvalue weighted by Crippen LogP contribution is 2.35. The Labute approximate surface area is 193 Å². The van der Waals surface area contributed by atoms with Crippen molar-refractivity contribution in [3.63, 3.8) is 0 Å². The molecule has 2 amide bonds. The number of carbonyl (C=O) groups excluding carboxylic acids is 2. The molecule has 1 aliphatic rings. The van der Waals surface area contributed by atoms with Crippen molar-refractivity contribution in [3.05, 3.63) is 28.5 Å². The minimum atomic E-state index is -0.404. The third-order valence-corrected chi connectivity index (χ3v) is 6.44. The van der Waals surface area contributed by atoms with Crippen LogP contribution in [0.4, 0.5) is 5.82 Å². The van der Waals surface area contributed by atoms with Crippen LogP contribution in [0.3, 0.4) is 0 Å². The number of thiazole rings is 1. The summed E-state index contributed by atoms with van der Waals surface area (Å²) in [6.45, 7) is 12.4. The number of aliphatic hydroxyl groups excluding tert-OH is 1. The van der Waals surface area contributed by atoms with Gasteiger partial charge in [-0.25, -0.2) is 9.97 Å². The molecule has 0 aromatic carbocycles. The molecule has 2 aromatic rings. The van der Waals surface area contributed by atoms with Crippen molar-refractivity contribution in [2.75, 3.05) is 18.5 Å². The molecule has 1 fully saturated rings. The van der Waals surface area contributed by atoms with Crippen molar-refractivity contribution in [1.82, 2.24) is 20.2 Å². The summed E-state index contributed by atoms with van der Waals surface area (Å²) >= 11 is 1.18. The van der Waals surface area contributed by atoms with Gasteiger partial charge in [0.25, 0.3) is 11.8 Å². The molecule has 0 unspecified atom stereocenters. The fourth-order valence-electron chi connectivity index (χ4n) is 3.69. The zero-order chi connectivity index (χ0) is 23.6. The summed E-state index contributed by atoms with van der Waals surface area (Å²) in [5, 5.41) is 15.5. The number of aliphatic hydroxyl groups is 1. The number of hydrogen-bond donors (Lipinski definition) is 3. The van der Waals surface area contributed by atoms with E-state index in [0.717, 1.165) is 29.8 Å². The molecule has 0 bridgehead atoms. The summed E-state index contributed by atoms with van der Waals surface area (Å²) < 4.78 is 0. The molecule has 3 rings (SSSR count). The molecule has 8 nitrogen and oxygen atoms in total. The number of amides is 2. The molecule has 0 saturated carbocycles. The second-order valence-corrected chi connectivity index (χ2v) is 10.5. The molecule has 1 aliphatic heterocycles. The van der Waals surface area contributed by atoms with Crippen LogP contribution < -0.4 is 10.6 Å². The fraction of sp³-hybridized carbons (Fsp3) is 0.565. The third kappa shape index (κ3) is 5.45. The van der Waals surface area contributed by atoms with Gasteiger partial charge in [0.05, 0.1) is 11.5 Å². The normalized spacial score (nSPS) is 17.3. The van der Waals surface area contributed by atoms with Gasteiger partial charge in [-0.1, -0.05) is 0 Å². The highest BCUT2D eigenvalue weighted by molar-refractivity contribution is 7.17. The van der Waals surface area contributed by atoms with Gasteiger partial charge in [0.15, 0.2) is 5.01 Å². The van der Waals surface area contributed by atoms with Crippen LogP contribution in [0.1, 0.15) is 73.3 Å². The molecular formula is C23H33N5O3S. The Hall–Kier alpha value is -2.52. The Balaban J connectivity index is 2.03. The smallest absolute Gasteiger partial charge is 0.280 e. The van der Waals surface area contributed by atoms with Crippen LogP contribution >= 0.6 is 11.3 Å². The fourth-order valence-corrected chi connectivity index (χ4v) is 4.73. The van der Waals surface area contributed by atoms with Crippen molar-refractivity contribution >= 4 is 29.0 Å². The molecule has 32 heavy (non-hydrogen) atoms. The predicted molar refractivity (Wildman–Crippen MR) is 127 cm³/mol. The molecule has 9 heteroatoms. The van der Waals surface area contributed by atoms with Crippen molar-refractivity contribution < 1.29 is 14.7 Å². The van der Waals surface area contributed by atoms with E-state index in [2.05, 4.69) is 41.4 Å². The van der Waals surface area contributed by atoms with E-state index in [1.165, 1.54) is 11.3 Å². The second kappa shape index (κ2) is 9.54. The first-order valence-corrected chi connectivity index (χ1v) is 11.8. The quantitative estimate of drug-likeness (QED) is 0.611. The monoisotopic (exact) mass is 459 g/mol. The Kier molecular flexibility index (Phi) is 7.19. The molecule has 3 heterocycles. The Bertz CT molecular complexity index is 998. The lowest BCUT2D eigenvalue weighted by Crippen LogP contribution is -2.35. The Morgan fingerprint density at radius 2 is 2.09 bits per heavy atom. The van der Waals surface area contributed by atoms with Crippen LogP contribution in [0, 0.1) is 6.92 Å². The Morgan fingerprint density at radius 3 is 2.66 bits per heavy atom. The van der Waals surface area contributed by atoms with Crippen LogP contribution in [-0.4, -0.2) is 62.6 Å². The van der Waals surface area contributed by atoms with Gasteiger partial charge >= 0.3 is 0 Å². The molecule has 174 valence electrons. The molecule has 3 N–H and O–H groups in total. The Morgan fingerprint density at radius 1 is 1.38 bits per heavy atom. The van der Waals surface area contributed by atoms with E-state index < -0.39 is 11.9 Å². The van der Waals surface area contributed by atoms with E-state index in [4.69, 9.17) is 0 Å². The van der Waals surface area contributed by atoms with Crippen molar-refractivity contribution in [1.29, 1.82) is 0 Å². The van der Waals surface area contributed by atoms with Gasteiger partial charge in [-0.15, -0.1) is 11.3 Å². The molecule has 0 spiro atoms. The van der Waals surface area contributed by atoms with Crippen molar-refractivity contribution in [2.45, 2.75) is 72.0 Å². The molecule has 1 saturated heterocycles. The second-order valence-electron chi connectivity index (χ2n) is 9.50. The topological polar surface area (TPSA) is 107 Å². The average molecular weight is 460 g/mol. The number of nitrogens with one attached hydrogen (secondary N) is 2. The number of carbonyl (C=O) groups is 2. The van der Waals surface area contributed by atoms with Gasteiger partial charge in [-0.05, 0) is 66.0 Å². The summed E-state index contributed by atoms with van der Waals surface area (Å²) in [7, 11) is 0. The lowest BCUT2D eigenvalue weighted by molar-refractivity contribution is 0.0743. The minimum absolute atomic E-state index is 0.132. The van der Waals surface area contributed by atoms with E-state index in [1.54, 1.807) is 13.1 Å². The maximum atomic E-state index is 13.4. The first-order chi connectivity index (χ1) is 15.0. The van der Waals surface area contributed by atoms with E-state index in [1.807, 2.05) is 24.8 Å². The molecule has 0 aliphatic carbocycles. The summed E-state index contributed by atoms with van der Waals surface area (Å²) in [5.74, 6) is 0.189. The highest BCUT2D eigenvalue weighted by Gasteiger charge is 2.32. The standard InChI is InChI=1S/C23H33N5O3S/c1-13-10-17(27-23(4,5)6)24-11-16(13)19-18(22(31)28-9-7-8-15(28)3)26-21(32-19)20(30)25-14(2)12-29/h10-11,14-15,29H,7-9,12H2,1-6H3,(H,24,27)(H,25,30)/t14-,15+/m1/s1. The SMILES string of the molecule is Cc1cc(NC(C)(C)C)ncc1-c1sc(C(=O)N[C@H](C)CO)nc1C(=O)N1CCC[C@@H]1C. The largest absolute Gasteiger partial charge is 0.394 e. The van der Waals surface area contributed by atoms with Gasteiger partial charge in [-0.2, -0.15) is 0 Å². The first kappa shape index (κ1) is 24.1. The van der Waals surface area contributed by atoms with E-state index in [-0.39, 0.29) is 34.8 Å². The van der Waals surface area contributed by atoms with Crippen LogP contribution in [0.5, 0.6) is 0 Å². The molecular weight excluding hydrogens is 426 g/mol. The number of aromatic nitrogens is 2. The van der Waals surface area contributed by atoms with Crippen molar-refractivity contribution in [3.8, 4) is 10.4 Å². The lowest BCUT2D eigenvalue weighted by Gasteiger charge is -2.22. The molecule has 0 radical (unpaired) electrons. The minimum Gasteiger partial charge on any atom is -0.394 e. The number of pyridine rings is 1. The number of hydrogen-bond acceptors (Lipinski definition) is 7. The molecule has 2 aromatic heterocycles. The summed E-state index contributed by atoms with van der Waals surface area (Å²) in [5.41, 5.74) is 1.88. The highest BCUT2D eigenvalue weighted by atomic mass is 32.1. The van der Waals surface area contributed by atoms with Crippen molar-refractivity contribution in [2.24, 2.45) is 0 Å². The summed E-state index contributed by atoms with van der Waals surface area (Å²) in [6, 6.07) is 1.68. The number of rotatable bonds is 6. The van der Waals surface area contributed by atoms with Gasteiger partial charge in [-0.3, -0.25) is 9.59 Å². The van der Waals surface area contributed by atoms with Gasteiger partial charge in [0.2, 0.25) is 0 Å². The number of anilines is 1. The maximum Gasteiger partial charge on any atom is 0.280 e. The third-order valence-electron chi connectivity index (χ3n) is 5.35. The van der Waals surface area contributed by atoms with Gasteiger partial charge in [0, 0.05) is 35.9 Å². The molecule has 2 atom stereocenters. The van der Waals surface area contributed by atoms with Crippen LogP contribution in [0.15, 0.2) is 12.3 Å². The van der Waals surface area contributed by atoms with E-state index >= 15 is 0 Å². The predicted octanol–water partition coefficient (Wildman–Crippen LogP) is 3.46. The zero-order valence-corrected chi connectivity index (χ0v) is 20.5. The number of aryl methyl sites for hydroxylation is 1. The van der Waals surface area contributed by atoms with Crippen LogP contribution in [0.25, 0.3) is 10.4 Å². The zero-order valence-electron chi connectivity index (χ0n) is 19.7. The van der Waals surface area contributed by atoms with Crippen LogP contribution in [-0.2, 0) is 0 Å².